The van der Waals surface area contributed by atoms with Gasteiger partial charge in [-0.05, 0) is 48.9 Å². The van der Waals surface area contributed by atoms with E-state index in [2.05, 4.69) is 5.32 Å². The number of anilines is 2. The first-order valence-corrected chi connectivity index (χ1v) is 7.62. The Morgan fingerprint density at radius 3 is 2.39 bits per heavy atom. The maximum absolute atomic E-state index is 12.0. The van der Waals surface area contributed by atoms with Crippen molar-refractivity contribution in [1.29, 1.82) is 0 Å². The Morgan fingerprint density at radius 2 is 1.74 bits per heavy atom. The summed E-state index contributed by atoms with van der Waals surface area (Å²) in [5, 5.41) is 2.86. The van der Waals surface area contributed by atoms with Gasteiger partial charge in [-0.2, -0.15) is 0 Å². The van der Waals surface area contributed by atoms with E-state index in [0.717, 1.165) is 17.0 Å². The number of carbonyl (C=O) groups excluding carboxylic acids is 1. The third-order valence-corrected chi connectivity index (χ3v) is 3.18. The summed E-state index contributed by atoms with van der Waals surface area (Å²) >= 11 is 0. The van der Waals surface area contributed by atoms with E-state index >= 15 is 0 Å². The fourth-order valence-corrected chi connectivity index (χ4v) is 2.02. The highest BCUT2D eigenvalue weighted by molar-refractivity contribution is 5.92. The predicted octanol–water partition coefficient (Wildman–Crippen LogP) is 2.87. The first kappa shape index (κ1) is 16.8. The number of ether oxygens (including phenoxy) is 2. The van der Waals surface area contributed by atoms with Gasteiger partial charge in [-0.15, -0.1) is 0 Å². The maximum atomic E-state index is 12.0. The van der Waals surface area contributed by atoms with Crippen molar-refractivity contribution >= 4 is 17.3 Å². The number of nitrogen functional groups attached to an aromatic ring is 1. The van der Waals surface area contributed by atoms with Crippen LogP contribution in [-0.2, 0) is 16.0 Å². The van der Waals surface area contributed by atoms with Crippen LogP contribution in [0, 0.1) is 0 Å². The predicted molar refractivity (Wildman–Crippen MR) is 91.6 cm³/mol. The van der Waals surface area contributed by atoms with Gasteiger partial charge < -0.3 is 20.5 Å². The van der Waals surface area contributed by atoms with Crippen LogP contribution in [-0.4, -0.2) is 25.7 Å². The van der Waals surface area contributed by atoms with Crippen molar-refractivity contribution in [3.05, 3.63) is 54.1 Å². The Kier molecular flexibility index (Phi) is 6.44. The smallest absolute Gasteiger partial charge is 0.228 e. The molecule has 2 aromatic carbocycles. The number of amides is 1. The average molecular weight is 314 g/mol. The highest BCUT2D eigenvalue weighted by atomic mass is 16.5. The zero-order valence-electron chi connectivity index (χ0n) is 13.2. The largest absolute Gasteiger partial charge is 0.491 e. The Labute approximate surface area is 136 Å². The molecule has 1 amide bonds. The molecule has 2 rings (SSSR count). The summed E-state index contributed by atoms with van der Waals surface area (Å²) in [7, 11) is 0. The molecular formula is C18H22N2O3. The normalized spacial score (nSPS) is 10.3. The van der Waals surface area contributed by atoms with Gasteiger partial charge in [0.1, 0.15) is 12.4 Å². The lowest BCUT2D eigenvalue weighted by Crippen LogP contribution is -2.14. The third-order valence-electron chi connectivity index (χ3n) is 3.18. The summed E-state index contributed by atoms with van der Waals surface area (Å²) < 4.78 is 10.7. The summed E-state index contributed by atoms with van der Waals surface area (Å²) in [5.74, 6) is 0.682. The molecule has 5 nitrogen and oxygen atoms in total. The molecule has 0 aliphatic rings. The Bertz CT molecular complexity index is 609. The van der Waals surface area contributed by atoms with Crippen molar-refractivity contribution in [2.45, 2.75) is 13.3 Å². The summed E-state index contributed by atoms with van der Waals surface area (Å²) in [6, 6.07) is 14.6. The molecule has 0 saturated carbocycles. The van der Waals surface area contributed by atoms with E-state index in [0.29, 0.717) is 31.9 Å². The standard InChI is InChI=1S/C18H22N2O3/c1-2-22-11-12-23-17-9-7-16(8-10-17)20-18(21)13-14-3-5-15(19)6-4-14/h3-10H,2,11-13,19H2,1H3,(H,20,21). The van der Waals surface area contributed by atoms with E-state index in [4.69, 9.17) is 15.2 Å². The summed E-state index contributed by atoms with van der Waals surface area (Å²) in [5.41, 5.74) is 7.98. The van der Waals surface area contributed by atoms with Crippen LogP contribution >= 0.6 is 0 Å². The highest BCUT2D eigenvalue weighted by Crippen LogP contribution is 2.16. The molecule has 0 saturated heterocycles. The fraction of sp³-hybridized carbons (Fsp3) is 0.278. The van der Waals surface area contributed by atoms with Crippen LogP contribution in [0.25, 0.3) is 0 Å². The van der Waals surface area contributed by atoms with E-state index in [1.54, 1.807) is 12.1 Å². The molecule has 0 heterocycles. The molecule has 0 aliphatic carbocycles. The van der Waals surface area contributed by atoms with Crippen LogP contribution in [0.4, 0.5) is 11.4 Å². The first-order chi connectivity index (χ1) is 11.2. The number of rotatable bonds is 8. The van der Waals surface area contributed by atoms with Crippen LogP contribution in [0.3, 0.4) is 0 Å². The number of benzene rings is 2. The van der Waals surface area contributed by atoms with Gasteiger partial charge in [-0.3, -0.25) is 4.79 Å². The van der Waals surface area contributed by atoms with Gasteiger partial charge in [-0.1, -0.05) is 12.1 Å². The van der Waals surface area contributed by atoms with Crippen molar-refractivity contribution < 1.29 is 14.3 Å². The van der Waals surface area contributed by atoms with Gasteiger partial charge in [0, 0.05) is 18.0 Å². The van der Waals surface area contributed by atoms with E-state index in [-0.39, 0.29) is 5.91 Å². The molecule has 0 bridgehead atoms. The molecule has 122 valence electrons. The van der Waals surface area contributed by atoms with Gasteiger partial charge in [0.05, 0.1) is 13.0 Å². The van der Waals surface area contributed by atoms with Gasteiger partial charge >= 0.3 is 0 Å². The molecule has 0 spiro atoms. The molecule has 23 heavy (non-hydrogen) atoms. The van der Waals surface area contributed by atoms with Crippen LogP contribution < -0.4 is 15.8 Å². The van der Waals surface area contributed by atoms with Crippen LogP contribution in [0.15, 0.2) is 48.5 Å². The molecule has 0 radical (unpaired) electrons. The van der Waals surface area contributed by atoms with E-state index in [1.807, 2.05) is 43.3 Å². The minimum atomic E-state index is -0.0696. The lowest BCUT2D eigenvalue weighted by molar-refractivity contribution is -0.115. The molecule has 5 heteroatoms. The van der Waals surface area contributed by atoms with Gasteiger partial charge in [-0.25, -0.2) is 0 Å². The number of hydrogen-bond donors (Lipinski definition) is 2. The molecule has 0 unspecified atom stereocenters. The van der Waals surface area contributed by atoms with Gasteiger partial charge in [0.25, 0.3) is 0 Å². The van der Waals surface area contributed by atoms with Crippen LogP contribution in [0.5, 0.6) is 5.75 Å². The second-order valence-electron chi connectivity index (χ2n) is 5.04. The van der Waals surface area contributed by atoms with E-state index in [9.17, 15) is 4.79 Å². The van der Waals surface area contributed by atoms with Crippen molar-refractivity contribution in [1.82, 2.24) is 0 Å². The van der Waals surface area contributed by atoms with Crippen molar-refractivity contribution in [3.63, 3.8) is 0 Å². The van der Waals surface area contributed by atoms with Crippen LogP contribution in [0.2, 0.25) is 0 Å². The molecule has 0 fully saturated rings. The monoisotopic (exact) mass is 314 g/mol. The van der Waals surface area contributed by atoms with E-state index < -0.39 is 0 Å². The summed E-state index contributed by atoms with van der Waals surface area (Å²) in [4.78, 5) is 12.0. The third kappa shape index (κ3) is 6.00. The maximum Gasteiger partial charge on any atom is 0.228 e. The molecule has 3 N–H and O–H groups in total. The Balaban J connectivity index is 1.80. The molecule has 0 aliphatic heterocycles. The number of carbonyl (C=O) groups is 1. The van der Waals surface area contributed by atoms with Crippen molar-refractivity contribution in [2.75, 3.05) is 30.9 Å². The highest BCUT2D eigenvalue weighted by Gasteiger charge is 2.04. The van der Waals surface area contributed by atoms with Crippen molar-refractivity contribution in [2.24, 2.45) is 0 Å². The Hall–Kier alpha value is -2.53. The van der Waals surface area contributed by atoms with Crippen LogP contribution in [0.1, 0.15) is 12.5 Å². The minimum absolute atomic E-state index is 0.0696. The molecular weight excluding hydrogens is 292 g/mol. The topological polar surface area (TPSA) is 73.6 Å². The zero-order valence-corrected chi connectivity index (χ0v) is 13.2. The fourth-order valence-electron chi connectivity index (χ4n) is 2.02. The number of hydrogen-bond acceptors (Lipinski definition) is 4. The SMILES string of the molecule is CCOCCOc1ccc(NC(=O)Cc2ccc(N)cc2)cc1. The zero-order chi connectivity index (χ0) is 16.5. The molecule has 0 aromatic heterocycles. The quantitative estimate of drug-likeness (QED) is 0.580. The second-order valence-corrected chi connectivity index (χ2v) is 5.04. The number of nitrogens with two attached hydrogens (primary N) is 1. The minimum Gasteiger partial charge on any atom is -0.491 e. The molecule has 0 atom stereocenters. The summed E-state index contributed by atoms with van der Waals surface area (Å²) in [6.07, 6.45) is 0.312. The molecule has 2 aromatic rings. The van der Waals surface area contributed by atoms with Crippen molar-refractivity contribution in [3.8, 4) is 5.75 Å². The summed E-state index contributed by atoms with van der Waals surface area (Å²) in [6.45, 7) is 3.71. The van der Waals surface area contributed by atoms with Gasteiger partial charge in [0.2, 0.25) is 5.91 Å². The average Bonchev–Trinajstić information content (AvgIpc) is 2.55. The Morgan fingerprint density at radius 1 is 1.04 bits per heavy atom. The number of nitrogens with one attached hydrogen (secondary N) is 1. The lowest BCUT2D eigenvalue weighted by atomic mass is 10.1. The first-order valence-electron chi connectivity index (χ1n) is 7.62. The van der Waals surface area contributed by atoms with Gasteiger partial charge in [0.15, 0.2) is 0 Å². The van der Waals surface area contributed by atoms with E-state index in [1.165, 1.54) is 0 Å². The lowest BCUT2D eigenvalue weighted by Gasteiger charge is -2.08. The second kappa shape index (κ2) is 8.80.